The normalized spacial score (nSPS) is 11.6. The van der Waals surface area contributed by atoms with Crippen LogP contribution in [-0.4, -0.2) is 32.2 Å². The summed E-state index contributed by atoms with van der Waals surface area (Å²) in [6, 6.07) is 14.5. The first kappa shape index (κ1) is 27.5. The Balaban J connectivity index is 1.70. The second-order valence-corrected chi connectivity index (χ2v) is 9.18. The largest absolute Gasteiger partial charge is 0.469 e. The van der Waals surface area contributed by atoms with Gasteiger partial charge < -0.3 is 14.8 Å². The molecule has 0 amide bonds. The molecule has 0 unspecified atom stereocenters. The van der Waals surface area contributed by atoms with E-state index in [-0.39, 0.29) is 24.9 Å². The van der Waals surface area contributed by atoms with Crippen molar-refractivity contribution in [3.63, 3.8) is 0 Å². The predicted octanol–water partition coefficient (Wildman–Crippen LogP) is 4.29. The lowest BCUT2D eigenvalue weighted by molar-refractivity contribution is -0.145. The van der Waals surface area contributed by atoms with Crippen LogP contribution >= 0.6 is 11.6 Å². The summed E-state index contributed by atoms with van der Waals surface area (Å²) in [5.41, 5.74) is 0.378. The van der Waals surface area contributed by atoms with Gasteiger partial charge in [-0.1, -0.05) is 30.7 Å². The third-order valence-electron chi connectivity index (χ3n) is 5.83. The number of carbonyl (C=O) groups is 1. The van der Waals surface area contributed by atoms with Crippen molar-refractivity contribution in [1.82, 2.24) is 19.1 Å². The van der Waals surface area contributed by atoms with E-state index in [9.17, 15) is 18.8 Å². The molecule has 2 aromatic carbocycles. The van der Waals surface area contributed by atoms with Crippen molar-refractivity contribution in [3.05, 3.63) is 104 Å². The van der Waals surface area contributed by atoms with E-state index in [2.05, 4.69) is 15.3 Å². The second kappa shape index (κ2) is 11.9. The van der Waals surface area contributed by atoms with Gasteiger partial charge in [0.2, 0.25) is 5.95 Å². The standard InChI is InChI=1S/C27H25ClFN5O5/c1-16-13-20(10-11-22(16)39-23-21(29)5-4-12-30-23)31-25-32-26(36)34(14-17(2)24(35)38-3)27(37)33(25)15-18-6-8-19(28)9-7-18/h4-13,17H,14-15H2,1-3H3,(H,31,32,36)/t17-/m0/s1. The summed E-state index contributed by atoms with van der Waals surface area (Å²) >= 11 is 6.00. The summed E-state index contributed by atoms with van der Waals surface area (Å²) in [6.07, 6.45) is 1.42. The van der Waals surface area contributed by atoms with Gasteiger partial charge in [0, 0.05) is 23.5 Å². The van der Waals surface area contributed by atoms with E-state index < -0.39 is 29.1 Å². The van der Waals surface area contributed by atoms with Crippen LogP contribution in [0, 0.1) is 18.7 Å². The lowest BCUT2D eigenvalue weighted by Crippen LogP contribution is -2.44. The van der Waals surface area contributed by atoms with Crippen molar-refractivity contribution in [2.24, 2.45) is 5.92 Å². The molecule has 0 fully saturated rings. The maximum atomic E-state index is 14.0. The number of aromatic nitrogens is 4. The summed E-state index contributed by atoms with van der Waals surface area (Å²) in [4.78, 5) is 46.3. The molecular weight excluding hydrogens is 529 g/mol. The van der Waals surface area contributed by atoms with E-state index in [1.54, 1.807) is 56.3 Å². The van der Waals surface area contributed by atoms with Crippen LogP contribution in [0.5, 0.6) is 11.6 Å². The smallest absolute Gasteiger partial charge is 0.354 e. The molecule has 202 valence electrons. The zero-order valence-electron chi connectivity index (χ0n) is 21.4. The summed E-state index contributed by atoms with van der Waals surface area (Å²) in [5.74, 6) is -1.70. The first-order valence-electron chi connectivity index (χ1n) is 11.9. The van der Waals surface area contributed by atoms with Gasteiger partial charge in [0.05, 0.1) is 19.6 Å². The SMILES string of the molecule is COC(=O)[C@@H](C)Cn1c(=O)nc(Nc2ccc(Oc3ncccc3F)c(C)c2)n(Cc2ccc(Cl)cc2)c1=O. The number of aryl methyl sites for hydroxylation is 1. The molecule has 2 aromatic heterocycles. The number of methoxy groups -OCH3 is 1. The van der Waals surface area contributed by atoms with E-state index in [1.165, 1.54) is 30.0 Å². The Morgan fingerprint density at radius 2 is 1.87 bits per heavy atom. The van der Waals surface area contributed by atoms with Crippen LogP contribution in [0.2, 0.25) is 5.02 Å². The van der Waals surface area contributed by atoms with Crippen molar-refractivity contribution in [2.45, 2.75) is 26.9 Å². The van der Waals surface area contributed by atoms with Gasteiger partial charge in [-0.2, -0.15) is 4.98 Å². The minimum atomic E-state index is -0.826. The zero-order chi connectivity index (χ0) is 28.1. The third kappa shape index (κ3) is 6.50. The maximum absolute atomic E-state index is 14.0. The highest BCUT2D eigenvalue weighted by Crippen LogP contribution is 2.28. The van der Waals surface area contributed by atoms with Crippen molar-refractivity contribution in [2.75, 3.05) is 12.4 Å². The van der Waals surface area contributed by atoms with Gasteiger partial charge in [-0.15, -0.1) is 0 Å². The highest BCUT2D eigenvalue weighted by atomic mass is 35.5. The van der Waals surface area contributed by atoms with E-state index in [0.717, 1.165) is 10.1 Å². The fourth-order valence-electron chi connectivity index (χ4n) is 3.77. The molecule has 39 heavy (non-hydrogen) atoms. The topological polar surface area (TPSA) is 117 Å². The number of hydrogen-bond acceptors (Lipinski definition) is 8. The molecule has 0 radical (unpaired) electrons. The summed E-state index contributed by atoms with van der Waals surface area (Å²) in [7, 11) is 1.23. The predicted molar refractivity (Wildman–Crippen MR) is 143 cm³/mol. The van der Waals surface area contributed by atoms with Crippen molar-refractivity contribution in [3.8, 4) is 11.6 Å². The first-order valence-corrected chi connectivity index (χ1v) is 12.2. The minimum absolute atomic E-state index is 0.00856. The molecule has 0 spiro atoms. The van der Waals surface area contributed by atoms with Crippen LogP contribution in [0.4, 0.5) is 16.0 Å². The van der Waals surface area contributed by atoms with Gasteiger partial charge >= 0.3 is 17.3 Å². The summed E-state index contributed by atoms with van der Waals surface area (Å²) < 4.78 is 26.5. The van der Waals surface area contributed by atoms with Gasteiger partial charge in [0.15, 0.2) is 5.82 Å². The van der Waals surface area contributed by atoms with Crippen LogP contribution in [0.3, 0.4) is 0 Å². The summed E-state index contributed by atoms with van der Waals surface area (Å²) in [6.45, 7) is 3.17. The Kier molecular flexibility index (Phi) is 8.40. The van der Waals surface area contributed by atoms with E-state index in [4.69, 9.17) is 21.1 Å². The van der Waals surface area contributed by atoms with Crippen molar-refractivity contribution < 1.29 is 18.7 Å². The fraction of sp³-hybridized carbons (Fsp3) is 0.222. The molecule has 2 heterocycles. The number of carbonyl (C=O) groups excluding carboxylic acids is 1. The van der Waals surface area contributed by atoms with E-state index in [0.29, 0.717) is 22.0 Å². The lowest BCUT2D eigenvalue weighted by atomic mass is 10.2. The monoisotopic (exact) mass is 553 g/mol. The number of halogens is 2. The maximum Gasteiger partial charge on any atom is 0.354 e. The van der Waals surface area contributed by atoms with E-state index in [1.807, 2.05) is 0 Å². The van der Waals surface area contributed by atoms with Gasteiger partial charge in [-0.25, -0.2) is 23.5 Å². The number of anilines is 2. The van der Waals surface area contributed by atoms with Crippen LogP contribution < -0.4 is 21.4 Å². The Labute approximate surface area is 227 Å². The molecule has 0 bridgehead atoms. The average molecular weight is 554 g/mol. The molecule has 0 saturated heterocycles. The van der Waals surface area contributed by atoms with Crippen LogP contribution in [-0.2, 0) is 22.6 Å². The number of benzene rings is 2. The Hall–Kier alpha value is -4.51. The number of esters is 1. The van der Waals surface area contributed by atoms with E-state index >= 15 is 0 Å². The second-order valence-electron chi connectivity index (χ2n) is 8.75. The molecule has 1 atom stereocenters. The number of pyridine rings is 1. The van der Waals surface area contributed by atoms with Gasteiger partial charge in [-0.3, -0.25) is 9.36 Å². The molecule has 0 aliphatic heterocycles. The molecule has 0 saturated carbocycles. The highest BCUT2D eigenvalue weighted by molar-refractivity contribution is 6.30. The number of rotatable bonds is 9. The number of nitrogens with zero attached hydrogens (tertiary/aromatic N) is 4. The molecule has 0 aliphatic rings. The zero-order valence-corrected chi connectivity index (χ0v) is 22.1. The third-order valence-corrected chi connectivity index (χ3v) is 6.08. The molecule has 0 aliphatic carbocycles. The van der Waals surface area contributed by atoms with Gasteiger partial charge in [-0.05, 0) is 60.5 Å². The Bertz CT molecular complexity index is 1620. The quantitative estimate of drug-likeness (QED) is 0.305. The van der Waals surface area contributed by atoms with Crippen LogP contribution in [0.15, 0.2) is 70.4 Å². The first-order chi connectivity index (χ1) is 18.7. The number of ether oxygens (including phenoxy) is 2. The van der Waals surface area contributed by atoms with Crippen LogP contribution in [0.25, 0.3) is 0 Å². The molecule has 4 rings (SSSR count). The number of hydrogen-bond donors (Lipinski definition) is 1. The molecular formula is C27H25ClFN5O5. The highest BCUT2D eigenvalue weighted by Gasteiger charge is 2.20. The molecule has 1 N–H and O–H groups in total. The van der Waals surface area contributed by atoms with Gasteiger partial charge in [0.25, 0.3) is 5.88 Å². The molecule has 4 aromatic rings. The fourth-order valence-corrected chi connectivity index (χ4v) is 3.89. The van der Waals surface area contributed by atoms with Crippen LogP contribution in [0.1, 0.15) is 18.1 Å². The molecule has 12 heteroatoms. The Morgan fingerprint density at radius 1 is 1.13 bits per heavy atom. The Morgan fingerprint density at radius 3 is 2.54 bits per heavy atom. The van der Waals surface area contributed by atoms with Crippen molar-refractivity contribution in [1.29, 1.82) is 0 Å². The lowest BCUT2D eigenvalue weighted by Gasteiger charge is -2.17. The minimum Gasteiger partial charge on any atom is -0.469 e. The average Bonchev–Trinajstić information content (AvgIpc) is 2.92. The summed E-state index contributed by atoms with van der Waals surface area (Å²) in [5, 5.41) is 3.55. The van der Waals surface area contributed by atoms with Gasteiger partial charge in [0.1, 0.15) is 5.75 Å². The number of nitrogens with one attached hydrogen (secondary N) is 1. The van der Waals surface area contributed by atoms with Crippen molar-refractivity contribution >= 4 is 29.2 Å². The molecule has 10 nitrogen and oxygen atoms in total.